The molecule has 0 N–H and O–H groups in total. The van der Waals surface area contributed by atoms with Gasteiger partial charge in [-0.1, -0.05) is 27.7 Å². The van der Waals surface area contributed by atoms with Gasteiger partial charge in [0.05, 0.1) is 57.8 Å². The lowest BCUT2D eigenvalue weighted by Crippen LogP contribution is -2.28. The first kappa shape index (κ1) is 16.7. The van der Waals surface area contributed by atoms with Gasteiger partial charge in [0.15, 0.2) is 0 Å². The fourth-order valence-electron chi connectivity index (χ4n) is 3.67. The van der Waals surface area contributed by atoms with Crippen molar-refractivity contribution >= 4 is 0 Å². The SMILES string of the molecule is C[C+](C)CC(C[C+](C)C)(CC(C)C)CC(C)C. The molecule has 0 unspecified atom stereocenters. The standard InChI is InChI=1S/C17H34/c1-13(2)9-17(10-14(3)4,11-15(5)6)12-16(7)8/h13-14H,9-12H2,1-8H3/q+2. The van der Waals surface area contributed by atoms with Crippen molar-refractivity contribution in [1.82, 2.24) is 0 Å². The average molecular weight is 238 g/mol. The van der Waals surface area contributed by atoms with Crippen molar-refractivity contribution < 1.29 is 0 Å². The van der Waals surface area contributed by atoms with E-state index in [4.69, 9.17) is 0 Å². The Morgan fingerprint density at radius 1 is 0.706 bits per heavy atom. The highest BCUT2D eigenvalue weighted by Gasteiger charge is 2.40. The molecule has 0 aliphatic heterocycles. The Morgan fingerprint density at radius 2 is 1.00 bits per heavy atom. The summed E-state index contributed by atoms with van der Waals surface area (Å²) in [6.07, 6.45) is 5.33. The predicted molar refractivity (Wildman–Crippen MR) is 79.8 cm³/mol. The van der Waals surface area contributed by atoms with Gasteiger partial charge in [-0.25, -0.2) is 0 Å². The van der Waals surface area contributed by atoms with Crippen molar-refractivity contribution in [1.29, 1.82) is 0 Å². The molecule has 0 aromatic rings. The van der Waals surface area contributed by atoms with Crippen molar-refractivity contribution in [2.24, 2.45) is 17.3 Å². The predicted octanol–water partition coefficient (Wildman–Crippen LogP) is 6.07. The van der Waals surface area contributed by atoms with Crippen LogP contribution in [0, 0.1) is 29.1 Å². The van der Waals surface area contributed by atoms with Crippen LogP contribution in [0.2, 0.25) is 0 Å². The summed E-state index contributed by atoms with van der Waals surface area (Å²) >= 11 is 0. The van der Waals surface area contributed by atoms with Gasteiger partial charge in [0, 0.05) is 0 Å². The second-order valence-corrected chi connectivity index (χ2v) is 7.46. The van der Waals surface area contributed by atoms with Crippen molar-refractivity contribution in [2.45, 2.75) is 81.1 Å². The quantitative estimate of drug-likeness (QED) is 0.450. The van der Waals surface area contributed by atoms with Crippen LogP contribution >= 0.6 is 0 Å². The lowest BCUT2D eigenvalue weighted by Gasteiger charge is -2.33. The van der Waals surface area contributed by atoms with Gasteiger partial charge in [0.1, 0.15) is 0 Å². The lowest BCUT2D eigenvalue weighted by atomic mass is 9.65. The molecule has 0 saturated carbocycles. The Balaban J connectivity index is 4.89. The summed E-state index contributed by atoms with van der Waals surface area (Å²) in [6, 6.07) is 0. The Kier molecular flexibility index (Phi) is 7.13. The van der Waals surface area contributed by atoms with E-state index in [1.165, 1.54) is 25.7 Å². The molecule has 17 heavy (non-hydrogen) atoms. The third-order valence-corrected chi connectivity index (χ3v) is 3.14. The first-order valence-corrected chi connectivity index (χ1v) is 7.25. The van der Waals surface area contributed by atoms with Gasteiger partial charge in [-0.05, 0) is 24.7 Å². The van der Waals surface area contributed by atoms with Crippen LogP contribution in [0.5, 0.6) is 0 Å². The molecular formula is C17H34+2. The summed E-state index contributed by atoms with van der Waals surface area (Å²) in [5, 5.41) is 0. The molecule has 0 aliphatic rings. The summed E-state index contributed by atoms with van der Waals surface area (Å²) < 4.78 is 0. The summed E-state index contributed by atoms with van der Waals surface area (Å²) in [4.78, 5) is 0. The molecule has 0 bridgehead atoms. The monoisotopic (exact) mass is 238 g/mol. The van der Waals surface area contributed by atoms with E-state index in [2.05, 4.69) is 55.4 Å². The van der Waals surface area contributed by atoms with Crippen LogP contribution in [0.3, 0.4) is 0 Å². The molecule has 0 radical (unpaired) electrons. The van der Waals surface area contributed by atoms with Crippen molar-refractivity contribution in [3.05, 3.63) is 11.8 Å². The molecule has 0 heterocycles. The largest absolute Gasteiger partial charge is 0.0991 e. The third kappa shape index (κ3) is 7.63. The maximum absolute atomic E-state index is 2.37. The summed E-state index contributed by atoms with van der Waals surface area (Å²) in [5.74, 6) is 4.78. The molecule has 0 aromatic heterocycles. The van der Waals surface area contributed by atoms with Gasteiger partial charge < -0.3 is 0 Å². The van der Waals surface area contributed by atoms with Crippen molar-refractivity contribution in [3.63, 3.8) is 0 Å². The van der Waals surface area contributed by atoms with Crippen LogP contribution in [-0.4, -0.2) is 0 Å². The molecule has 0 heteroatoms. The van der Waals surface area contributed by atoms with Gasteiger partial charge in [0.2, 0.25) is 0 Å². The Labute approximate surface area is 111 Å². The number of hydrogen-bond acceptors (Lipinski definition) is 0. The first-order valence-electron chi connectivity index (χ1n) is 7.25. The second-order valence-electron chi connectivity index (χ2n) is 7.46. The van der Waals surface area contributed by atoms with Crippen molar-refractivity contribution in [2.75, 3.05) is 0 Å². The van der Waals surface area contributed by atoms with Gasteiger partial charge in [-0.15, -0.1) is 0 Å². The second kappa shape index (κ2) is 7.24. The molecule has 0 atom stereocenters. The van der Waals surface area contributed by atoms with Gasteiger partial charge in [-0.3, -0.25) is 0 Å². The van der Waals surface area contributed by atoms with E-state index >= 15 is 0 Å². The van der Waals surface area contributed by atoms with E-state index < -0.39 is 0 Å². The third-order valence-electron chi connectivity index (χ3n) is 3.14. The Bertz CT molecular complexity index is 141. The van der Waals surface area contributed by atoms with E-state index in [-0.39, 0.29) is 0 Å². The van der Waals surface area contributed by atoms with E-state index in [0.29, 0.717) is 5.41 Å². The van der Waals surface area contributed by atoms with Crippen molar-refractivity contribution in [3.8, 4) is 0 Å². The fraction of sp³-hybridized carbons (Fsp3) is 0.882. The van der Waals surface area contributed by atoms with Crippen LogP contribution in [0.25, 0.3) is 0 Å². The maximum Gasteiger partial charge on any atom is 0.0991 e. The molecule has 0 aliphatic carbocycles. The Hall–Kier alpha value is -0.260. The number of hydrogen-bond donors (Lipinski definition) is 0. The minimum absolute atomic E-state index is 0.514. The van der Waals surface area contributed by atoms with Crippen LogP contribution < -0.4 is 0 Å². The van der Waals surface area contributed by atoms with E-state index in [0.717, 1.165) is 11.8 Å². The smallest absolute Gasteiger partial charge is 0.0627 e. The highest BCUT2D eigenvalue weighted by Crippen LogP contribution is 2.45. The highest BCUT2D eigenvalue weighted by atomic mass is 14.4. The van der Waals surface area contributed by atoms with E-state index in [1.807, 2.05) is 0 Å². The Morgan fingerprint density at radius 3 is 1.18 bits per heavy atom. The zero-order valence-electron chi connectivity index (χ0n) is 13.5. The van der Waals surface area contributed by atoms with Crippen LogP contribution in [0.1, 0.15) is 81.1 Å². The molecular weight excluding hydrogens is 204 g/mol. The molecule has 0 spiro atoms. The van der Waals surface area contributed by atoms with E-state index in [9.17, 15) is 0 Å². The molecule has 0 fully saturated rings. The fourth-order valence-corrected chi connectivity index (χ4v) is 3.67. The first-order chi connectivity index (χ1) is 7.67. The minimum atomic E-state index is 0.514. The topological polar surface area (TPSA) is 0 Å². The maximum atomic E-state index is 2.37. The summed E-state index contributed by atoms with van der Waals surface area (Å²) in [5.41, 5.74) is 0.514. The zero-order valence-corrected chi connectivity index (χ0v) is 13.5. The molecule has 100 valence electrons. The molecule has 0 rings (SSSR count). The van der Waals surface area contributed by atoms with Gasteiger partial charge >= 0.3 is 0 Å². The van der Waals surface area contributed by atoms with Gasteiger partial charge in [0.25, 0.3) is 0 Å². The van der Waals surface area contributed by atoms with Gasteiger partial charge in [-0.2, -0.15) is 0 Å². The number of rotatable bonds is 8. The van der Waals surface area contributed by atoms with E-state index in [1.54, 1.807) is 11.8 Å². The summed E-state index contributed by atoms with van der Waals surface area (Å²) in [6.45, 7) is 18.6. The lowest BCUT2D eigenvalue weighted by molar-refractivity contribution is 0.161. The highest BCUT2D eigenvalue weighted by molar-refractivity contribution is 4.97. The van der Waals surface area contributed by atoms with Crippen LogP contribution in [-0.2, 0) is 0 Å². The van der Waals surface area contributed by atoms with Crippen LogP contribution in [0.15, 0.2) is 0 Å². The molecule has 0 saturated heterocycles. The molecule has 0 aromatic carbocycles. The zero-order chi connectivity index (χ0) is 13.6. The summed E-state index contributed by atoms with van der Waals surface area (Å²) in [7, 11) is 0. The average Bonchev–Trinajstić information content (AvgIpc) is 1.95. The molecule has 0 amide bonds. The normalized spacial score (nSPS) is 12.4. The minimum Gasteiger partial charge on any atom is -0.0627 e. The molecule has 0 nitrogen and oxygen atoms in total. The van der Waals surface area contributed by atoms with Crippen LogP contribution in [0.4, 0.5) is 0 Å².